The quantitative estimate of drug-likeness (QED) is 0.919. The van der Waals surface area contributed by atoms with E-state index in [1.165, 1.54) is 10.4 Å². The van der Waals surface area contributed by atoms with Crippen molar-refractivity contribution in [2.45, 2.75) is 24.9 Å². The first-order valence-corrected chi connectivity index (χ1v) is 7.91. The monoisotopic (exact) mass is 338 g/mol. The number of fused-ring (bicyclic) bond motifs is 1. The van der Waals surface area contributed by atoms with Crippen LogP contribution in [0, 0.1) is 0 Å². The Kier molecular flexibility index (Phi) is 3.41. The minimum Gasteiger partial charge on any atom is -0.497 e. The summed E-state index contributed by atoms with van der Waals surface area (Å²) in [6.45, 7) is 0. The molecule has 0 saturated heterocycles. The van der Waals surface area contributed by atoms with Crippen molar-refractivity contribution in [1.29, 1.82) is 0 Å². The normalized spacial score (nSPS) is 21.4. The number of benzene rings is 1. The van der Waals surface area contributed by atoms with Crippen molar-refractivity contribution in [3.63, 3.8) is 0 Å². The Balaban J connectivity index is 1.97. The maximum atomic E-state index is 11.0. The van der Waals surface area contributed by atoms with Crippen LogP contribution in [0.15, 0.2) is 34.1 Å². The summed E-state index contributed by atoms with van der Waals surface area (Å²) in [5.41, 5.74) is 1.49. The number of hydrogen-bond donors (Lipinski definition) is 1. The molecule has 19 heavy (non-hydrogen) atoms. The van der Waals surface area contributed by atoms with Gasteiger partial charge in [-0.2, -0.15) is 0 Å². The molecule has 0 spiro atoms. The van der Waals surface area contributed by atoms with Gasteiger partial charge < -0.3 is 9.84 Å². The number of ether oxygens (including phenoxy) is 1. The molecule has 0 bridgehead atoms. The molecule has 3 rings (SSSR count). The molecule has 0 radical (unpaired) electrons. The highest BCUT2D eigenvalue weighted by Crippen LogP contribution is 2.42. The van der Waals surface area contributed by atoms with Gasteiger partial charge in [0.05, 0.1) is 12.7 Å². The summed E-state index contributed by atoms with van der Waals surface area (Å²) in [6.07, 6.45) is 2.37. The Morgan fingerprint density at radius 2 is 2.26 bits per heavy atom. The van der Waals surface area contributed by atoms with Crippen LogP contribution in [0.3, 0.4) is 0 Å². The van der Waals surface area contributed by atoms with Gasteiger partial charge in [0.15, 0.2) is 0 Å². The fraction of sp³-hybridized carbons (Fsp3) is 0.333. The zero-order valence-corrected chi connectivity index (χ0v) is 13.1. The standard InChI is InChI=1S/C15H15BrO2S/c1-18-11-3-2-10-4-6-15(17,12(10)8-11)9-14-13(16)5-7-19-14/h2-3,5,7-8,17H,4,6,9H2,1H3. The highest BCUT2D eigenvalue weighted by Gasteiger charge is 2.37. The third kappa shape index (κ3) is 2.33. The van der Waals surface area contributed by atoms with Gasteiger partial charge in [-0.25, -0.2) is 0 Å². The Bertz CT molecular complexity index is 608. The van der Waals surface area contributed by atoms with Gasteiger partial charge in [0.1, 0.15) is 5.75 Å². The highest BCUT2D eigenvalue weighted by molar-refractivity contribution is 9.10. The molecule has 0 saturated carbocycles. The van der Waals surface area contributed by atoms with E-state index in [9.17, 15) is 5.11 Å². The number of aliphatic hydroxyl groups is 1. The molecule has 4 heteroatoms. The van der Waals surface area contributed by atoms with Crippen molar-refractivity contribution in [2.24, 2.45) is 0 Å². The van der Waals surface area contributed by atoms with E-state index in [1.807, 2.05) is 23.6 Å². The molecule has 0 fully saturated rings. The van der Waals surface area contributed by atoms with Gasteiger partial charge in [0, 0.05) is 15.8 Å². The molecule has 0 amide bonds. The molecular formula is C15H15BrO2S. The zero-order valence-electron chi connectivity index (χ0n) is 10.6. The second-order valence-electron chi connectivity index (χ2n) is 4.92. The molecule has 1 aromatic carbocycles. The summed E-state index contributed by atoms with van der Waals surface area (Å²) in [5, 5.41) is 13.0. The summed E-state index contributed by atoms with van der Waals surface area (Å²) in [7, 11) is 1.66. The number of halogens is 1. The van der Waals surface area contributed by atoms with Gasteiger partial charge in [-0.3, -0.25) is 0 Å². The third-order valence-corrected chi connectivity index (χ3v) is 5.70. The molecule has 2 aromatic rings. The van der Waals surface area contributed by atoms with Gasteiger partial charge in [-0.15, -0.1) is 11.3 Å². The van der Waals surface area contributed by atoms with Crippen LogP contribution in [0.5, 0.6) is 5.75 Å². The van der Waals surface area contributed by atoms with Gasteiger partial charge >= 0.3 is 0 Å². The van der Waals surface area contributed by atoms with Crippen LogP contribution in [0.25, 0.3) is 0 Å². The molecule has 100 valence electrons. The largest absolute Gasteiger partial charge is 0.497 e. The minimum atomic E-state index is -0.767. The van der Waals surface area contributed by atoms with Crippen molar-refractivity contribution in [2.75, 3.05) is 7.11 Å². The molecular weight excluding hydrogens is 324 g/mol. The molecule has 2 nitrogen and oxygen atoms in total. The van der Waals surface area contributed by atoms with E-state index >= 15 is 0 Å². The lowest BCUT2D eigenvalue weighted by molar-refractivity contribution is 0.0395. The fourth-order valence-electron chi connectivity index (χ4n) is 2.71. The first-order chi connectivity index (χ1) is 9.12. The van der Waals surface area contributed by atoms with Crippen LogP contribution in [0.1, 0.15) is 22.4 Å². The lowest BCUT2D eigenvalue weighted by Crippen LogP contribution is -2.25. The molecule has 1 N–H and O–H groups in total. The number of rotatable bonds is 3. The van der Waals surface area contributed by atoms with E-state index < -0.39 is 5.60 Å². The summed E-state index contributed by atoms with van der Waals surface area (Å²) in [5.74, 6) is 0.810. The van der Waals surface area contributed by atoms with Crippen molar-refractivity contribution < 1.29 is 9.84 Å². The predicted molar refractivity (Wildman–Crippen MR) is 80.9 cm³/mol. The second kappa shape index (κ2) is 4.93. The minimum absolute atomic E-state index is 0.658. The second-order valence-corrected chi connectivity index (χ2v) is 6.78. The summed E-state index contributed by atoms with van der Waals surface area (Å²) < 4.78 is 6.36. The molecule has 1 aliphatic rings. The van der Waals surface area contributed by atoms with E-state index in [0.717, 1.165) is 28.6 Å². The maximum Gasteiger partial charge on any atom is 0.119 e. The third-order valence-electron chi connectivity index (χ3n) is 3.77. The summed E-state index contributed by atoms with van der Waals surface area (Å²) in [6, 6.07) is 8.04. The smallest absolute Gasteiger partial charge is 0.119 e. The van der Waals surface area contributed by atoms with Crippen molar-refractivity contribution in [3.05, 3.63) is 50.1 Å². The van der Waals surface area contributed by atoms with Crippen molar-refractivity contribution in [3.8, 4) is 5.75 Å². The number of thiophene rings is 1. The van der Waals surface area contributed by atoms with Crippen molar-refractivity contribution in [1.82, 2.24) is 0 Å². The van der Waals surface area contributed by atoms with Gasteiger partial charge in [-0.05, 0) is 63.5 Å². The number of aryl methyl sites for hydroxylation is 1. The first-order valence-electron chi connectivity index (χ1n) is 6.24. The Morgan fingerprint density at radius 3 is 2.95 bits per heavy atom. The lowest BCUT2D eigenvalue weighted by atomic mass is 9.91. The van der Waals surface area contributed by atoms with Crippen LogP contribution >= 0.6 is 27.3 Å². The van der Waals surface area contributed by atoms with Crippen LogP contribution in [-0.2, 0) is 18.4 Å². The van der Waals surface area contributed by atoms with E-state index in [-0.39, 0.29) is 0 Å². The summed E-state index contributed by atoms with van der Waals surface area (Å²) in [4.78, 5) is 1.19. The number of methoxy groups -OCH3 is 1. The Labute approximate surface area is 125 Å². The van der Waals surface area contributed by atoms with Gasteiger partial charge in [0.25, 0.3) is 0 Å². The predicted octanol–water partition coefficient (Wildman–Crippen LogP) is 3.90. The molecule has 1 unspecified atom stereocenters. The number of hydrogen-bond acceptors (Lipinski definition) is 3. The van der Waals surface area contributed by atoms with E-state index in [4.69, 9.17) is 4.74 Å². The molecule has 1 aromatic heterocycles. The van der Waals surface area contributed by atoms with Crippen LogP contribution in [0.4, 0.5) is 0 Å². The zero-order chi connectivity index (χ0) is 13.5. The van der Waals surface area contributed by atoms with E-state index in [0.29, 0.717) is 6.42 Å². The SMILES string of the molecule is COc1ccc2c(c1)C(O)(Cc1sccc1Br)CC2. The van der Waals surface area contributed by atoms with Crippen LogP contribution < -0.4 is 4.74 Å². The van der Waals surface area contributed by atoms with E-state index in [1.54, 1.807) is 18.4 Å². The average Bonchev–Trinajstić information content (AvgIpc) is 2.95. The lowest BCUT2D eigenvalue weighted by Gasteiger charge is -2.24. The van der Waals surface area contributed by atoms with E-state index in [2.05, 4.69) is 22.0 Å². The topological polar surface area (TPSA) is 29.5 Å². The molecule has 1 aliphatic carbocycles. The van der Waals surface area contributed by atoms with Gasteiger partial charge in [0.2, 0.25) is 0 Å². The van der Waals surface area contributed by atoms with Crippen molar-refractivity contribution >= 4 is 27.3 Å². The molecule has 1 atom stereocenters. The Hall–Kier alpha value is -0.840. The first kappa shape index (κ1) is 13.2. The molecule has 1 heterocycles. The maximum absolute atomic E-state index is 11.0. The van der Waals surface area contributed by atoms with Crippen LogP contribution in [0.2, 0.25) is 0 Å². The average molecular weight is 339 g/mol. The Morgan fingerprint density at radius 1 is 1.42 bits per heavy atom. The summed E-state index contributed by atoms with van der Waals surface area (Å²) >= 11 is 5.22. The molecule has 0 aliphatic heterocycles. The highest BCUT2D eigenvalue weighted by atomic mass is 79.9. The van der Waals surface area contributed by atoms with Gasteiger partial charge in [-0.1, -0.05) is 6.07 Å². The van der Waals surface area contributed by atoms with Crippen LogP contribution in [-0.4, -0.2) is 12.2 Å². The fourth-order valence-corrected chi connectivity index (χ4v) is 4.31.